The fourth-order valence-corrected chi connectivity index (χ4v) is 7.12. The van der Waals surface area contributed by atoms with Crippen LogP contribution in [0.15, 0.2) is 97.1 Å². The summed E-state index contributed by atoms with van der Waals surface area (Å²) >= 11 is 1.95. The first-order valence-corrected chi connectivity index (χ1v) is 17.5. The second kappa shape index (κ2) is 16.3. The Morgan fingerprint density at radius 2 is 0.923 bits per heavy atom. The first-order chi connectivity index (χ1) is 24.7. The van der Waals surface area contributed by atoms with Crippen LogP contribution in [-0.2, 0) is 22.4 Å². The van der Waals surface area contributed by atoms with Crippen LogP contribution in [0.3, 0.4) is 0 Å². The largest absolute Gasteiger partial charge is 0.485 e. The van der Waals surface area contributed by atoms with Crippen molar-refractivity contribution in [2.45, 2.75) is 36.2 Å². The third kappa shape index (κ3) is 9.50. The van der Waals surface area contributed by atoms with E-state index in [4.69, 9.17) is 9.47 Å². The summed E-state index contributed by atoms with van der Waals surface area (Å²) in [5, 5.41) is 3.88. The molecular weight excluding hydrogens is 715 g/mol. The van der Waals surface area contributed by atoms with Crippen molar-refractivity contribution in [3.8, 4) is 11.5 Å². The summed E-state index contributed by atoms with van der Waals surface area (Å²) in [7, 11) is 0. The summed E-state index contributed by atoms with van der Waals surface area (Å²) < 4.78 is 36.3. The molecule has 2 aliphatic rings. The quantitative estimate of drug-likeness (QED) is 0.150. The predicted molar refractivity (Wildman–Crippen MR) is 192 cm³/mol. The van der Waals surface area contributed by atoms with E-state index in [9.17, 15) is 37.5 Å². The van der Waals surface area contributed by atoms with Gasteiger partial charge in [-0.1, -0.05) is 48.5 Å². The fourth-order valence-electron chi connectivity index (χ4n) is 5.25. The second-order valence-electron chi connectivity index (χ2n) is 12.2. The summed E-state index contributed by atoms with van der Waals surface area (Å²) in [4.78, 5) is 70.5. The van der Waals surface area contributed by atoms with Gasteiger partial charge in [-0.25, -0.2) is 8.78 Å². The van der Waals surface area contributed by atoms with E-state index in [0.717, 1.165) is 34.7 Å². The molecule has 2 atom stereocenters. The van der Waals surface area contributed by atoms with Crippen molar-refractivity contribution >= 4 is 57.4 Å². The van der Waals surface area contributed by atoms with Gasteiger partial charge in [-0.3, -0.25) is 39.4 Å². The molecule has 14 heteroatoms. The fraction of sp³-hybridized carbons (Fsp3) is 0.211. The minimum Gasteiger partial charge on any atom is -0.485 e. The molecule has 0 spiro atoms. The zero-order chi connectivity index (χ0) is 37.5. The number of hydrogen-bond donors (Lipinski definition) is 2. The van der Waals surface area contributed by atoms with Gasteiger partial charge in [-0.15, -0.1) is 0 Å². The van der Waals surface area contributed by atoms with Gasteiger partial charge in [0, 0.05) is 0 Å². The van der Waals surface area contributed by atoms with Crippen LogP contribution in [0.25, 0.3) is 0 Å². The molecule has 2 saturated heterocycles. The van der Waals surface area contributed by atoms with Crippen molar-refractivity contribution in [1.82, 2.24) is 10.6 Å². The Labute approximate surface area is 306 Å². The average molecular weight is 747 g/mol. The Morgan fingerprint density at radius 1 is 0.577 bits per heavy atom. The summed E-state index contributed by atoms with van der Waals surface area (Å²) in [5.41, 5.74) is 1.70. The van der Waals surface area contributed by atoms with Gasteiger partial charge in [-0.05, 0) is 110 Å². The van der Waals surface area contributed by atoms with Crippen LogP contribution in [0.1, 0.15) is 45.7 Å². The van der Waals surface area contributed by atoms with E-state index in [1.54, 1.807) is 74.5 Å². The highest BCUT2D eigenvalue weighted by Crippen LogP contribution is 2.36. The number of ketones is 2. The summed E-state index contributed by atoms with van der Waals surface area (Å²) in [6.45, 7) is 2.89. The highest BCUT2D eigenvalue weighted by molar-refractivity contribution is 8.16. The van der Waals surface area contributed by atoms with Crippen LogP contribution >= 0.6 is 23.5 Å². The smallest absolute Gasteiger partial charge is 0.286 e. The van der Waals surface area contributed by atoms with E-state index in [0.29, 0.717) is 24.3 Å². The molecule has 4 amide bonds. The first kappa shape index (κ1) is 37.9. The zero-order valence-corrected chi connectivity index (χ0v) is 29.5. The molecule has 4 aromatic carbocycles. The Hall–Kier alpha value is -5.34. The molecule has 2 aliphatic heterocycles. The van der Waals surface area contributed by atoms with Gasteiger partial charge in [0.05, 0.1) is 11.1 Å². The SMILES string of the molecule is C[C@@]1(Cc2ccc(OCC(=O)c3ccccc3F)cc2)SC(=O)NC1=O.C[C@]1(Cc2ccc(OCC(=O)c3ccccc3F)cc2)SC(=O)NC1=O. The highest BCUT2D eigenvalue weighted by atomic mass is 32.2. The van der Waals surface area contributed by atoms with E-state index in [1.807, 2.05) is 0 Å². The topological polar surface area (TPSA) is 145 Å². The summed E-state index contributed by atoms with van der Waals surface area (Å²) in [6.07, 6.45) is 0.785. The maximum atomic E-state index is 13.6. The number of nitrogens with one attached hydrogen (secondary N) is 2. The van der Waals surface area contributed by atoms with Crippen molar-refractivity contribution in [2.24, 2.45) is 0 Å². The van der Waals surface area contributed by atoms with Crippen LogP contribution in [-0.4, -0.2) is 56.6 Å². The number of rotatable bonds is 12. The number of carbonyl (C=O) groups is 6. The monoisotopic (exact) mass is 746 g/mol. The third-order valence-corrected chi connectivity index (χ3v) is 10.2. The molecule has 0 aliphatic carbocycles. The number of ether oxygens (including phenoxy) is 2. The first-order valence-electron chi connectivity index (χ1n) is 15.8. The maximum absolute atomic E-state index is 13.6. The van der Waals surface area contributed by atoms with Gasteiger partial charge in [0.2, 0.25) is 23.4 Å². The van der Waals surface area contributed by atoms with Crippen molar-refractivity contribution in [2.75, 3.05) is 13.2 Å². The molecule has 2 N–H and O–H groups in total. The molecule has 0 radical (unpaired) electrons. The molecule has 6 rings (SSSR count). The summed E-state index contributed by atoms with van der Waals surface area (Å²) in [6, 6.07) is 25.3. The molecule has 10 nitrogen and oxygen atoms in total. The van der Waals surface area contributed by atoms with Gasteiger partial charge in [0.15, 0.2) is 13.2 Å². The normalized spacial score (nSPS) is 19.3. The molecule has 4 aromatic rings. The number of hydrogen-bond acceptors (Lipinski definition) is 10. The Kier molecular flexibility index (Phi) is 11.9. The van der Waals surface area contributed by atoms with Crippen LogP contribution in [0, 0.1) is 11.6 Å². The third-order valence-electron chi connectivity index (χ3n) is 8.05. The van der Waals surface area contributed by atoms with E-state index in [-0.39, 0.29) is 46.6 Å². The lowest BCUT2D eigenvalue weighted by atomic mass is 9.99. The van der Waals surface area contributed by atoms with Crippen molar-refractivity contribution in [1.29, 1.82) is 0 Å². The molecule has 0 saturated carbocycles. The number of carbonyl (C=O) groups excluding carboxylic acids is 6. The van der Waals surface area contributed by atoms with E-state index in [1.165, 1.54) is 36.4 Å². The van der Waals surface area contributed by atoms with Crippen LogP contribution in [0.5, 0.6) is 11.5 Å². The number of halogens is 2. The lowest BCUT2D eigenvalue weighted by Crippen LogP contribution is -2.35. The van der Waals surface area contributed by atoms with Crippen molar-refractivity contribution in [3.05, 3.63) is 131 Å². The second-order valence-corrected chi connectivity index (χ2v) is 15.1. The van der Waals surface area contributed by atoms with Gasteiger partial charge < -0.3 is 9.47 Å². The molecule has 268 valence electrons. The molecular formula is C38H32F2N2O8S2. The average Bonchev–Trinajstić information content (AvgIpc) is 3.52. The predicted octanol–water partition coefficient (Wildman–Crippen LogP) is 6.74. The van der Waals surface area contributed by atoms with E-state index < -0.39 is 32.7 Å². The molecule has 0 bridgehead atoms. The highest BCUT2D eigenvalue weighted by Gasteiger charge is 2.44. The van der Waals surface area contributed by atoms with Crippen LogP contribution < -0.4 is 20.1 Å². The Morgan fingerprint density at radius 3 is 1.23 bits per heavy atom. The maximum Gasteiger partial charge on any atom is 0.286 e. The van der Waals surface area contributed by atoms with Crippen LogP contribution in [0.4, 0.5) is 18.4 Å². The molecule has 0 aromatic heterocycles. The number of thioether (sulfide) groups is 2. The standard InChI is InChI=1S/2C19H16FNO4S/c2*1-19(17(23)21-18(24)26-19)10-12-6-8-13(9-7-12)25-11-16(22)14-4-2-3-5-15(14)20/h2*2-9H,10-11H2,1H3,(H,21,23,24)/t2*19-/m10/s1. The Balaban J connectivity index is 0.000000201. The number of imide groups is 2. The van der Waals surface area contributed by atoms with Gasteiger partial charge in [-0.2, -0.15) is 0 Å². The van der Waals surface area contributed by atoms with Crippen LogP contribution in [0.2, 0.25) is 0 Å². The zero-order valence-electron chi connectivity index (χ0n) is 27.9. The van der Waals surface area contributed by atoms with Gasteiger partial charge >= 0.3 is 0 Å². The van der Waals surface area contributed by atoms with Gasteiger partial charge in [0.1, 0.15) is 32.6 Å². The molecule has 2 heterocycles. The molecule has 52 heavy (non-hydrogen) atoms. The lowest BCUT2D eigenvalue weighted by Gasteiger charge is -2.18. The number of benzene rings is 4. The van der Waals surface area contributed by atoms with E-state index >= 15 is 0 Å². The molecule has 0 unspecified atom stereocenters. The number of Topliss-reactive ketones (excluding diaryl/α,β-unsaturated/α-hetero) is 2. The minimum atomic E-state index is -0.833. The Bertz CT molecular complexity index is 1880. The van der Waals surface area contributed by atoms with Gasteiger partial charge in [0.25, 0.3) is 10.5 Å². The molecule has 2 fully saturated rings. The lowest BCUT2D eigenvalue weighted by molar-refractivity contribution is -0.122. The van der Waals surface area contributed by atoms with Crippen molar-refractivity contribution < 1.29 is 47.0 Å². The summed E-state index contributed by atoms with van der Waals surface area (Å²) in [5.74, 6) is -1.73. The minimum absolute atomic E-state index is 0.00835. The van der Waals surface area contributed by atoms with Crippen molar-refractivity contribution in [3.63, 3.8) is 0 Å². The van der Waals surface area contributed by atoms with E-state index in [2.05, 4.69) is 10.6 Å². The number of amides is 4.